The first-order chi connectivity index (χ1) is 14.8. The fourth-order valence-corrected chi connectivity index (χ4v) is 5.59. The second-order valence-electron chi connectivity index (χ2n) is 9.32. The topological polar surface area (TPSA) is 54.5 Å². The molecule has 2 aliphatic carbocycles. The first kappa shape index (κ1) is 22.8. The van der Waals surface area contributed by atoms with Crippen LogP contribution in [-0.4, -0.2) is 54.3 Å². The maximum atomic E-state index is 12.3. The van der Waals surface area contributed by atoms with Crippen molar-refractivity contribution in [2.75, 3.05) is 26.2 Å². The Hall–Kier alpha value is -1.35. The van der Waals surface area contributed by atoms with Gasteiger partial charge in [-0.25, -0.2) is 4.98 Å². The minimum absolute atomic E-state index is 0.136. The van der Waals surface area contributed by atoms with Crippen molar-refractivity contribution in [3.05, 3.63) is 10.6 Å². The number of thiazole rings is 1. The molecule has 5 nitrogen and oxygen atoms in total. The van der Waals surface area contributed by atoms with Gasteiger partial charge in [-0.1, -0.05) is 11.3 Å². The minimum Gasteiger partial charge on any atom is -0.460 e. The molecule has 0 bridgehead atoms. The molecule has 0 aromatic carbocycles. The summed E-state index contributed by atoms with van der Waals surface area (Å²) in [5, 5.41) is 3.36. The lowest BCUT2D eigenvalue weighted by molar-refractivity contribution is -0.153. The minimum atomic E-state index is -4.33. The van der Waals surface area contributed by atoms with E-state index in [4.69, 9.17) is 4.74 Å². The van der Waals surface area contributed by atoms with Gasteiger partial charge in [0.25, 0.3) is 5.19 Å². The lowest BCUT2D eigenvalue weighted by Gasteiger charge is -2.30. The van der Waals surface area contributed by atoms with Gasteiger partial charge in [-0.3, -0.25) is 4.79 Å². The Kier molecular flexibility index (Phi) is 7.41. The number of halogens is 3. The molecule has 174 valence electrons. The average Bonchev–Trinajstić information content (AvgIpc) is 3.47. The number of fused-ring (bicyclic) bond motifs is 1. The van der Waals surface area contributed by atoms with Crippen molar-refractivity contribution < 1.29 is 22.7 Å². The number of nitrogens with zero attached hydrogens (tertiary/aromatic N) is 2. The number of carbonyl (C=O) groups is 1. The van der Waals surface area contributed by atoms with E-state index >= 15 is 0 Å². The molecule has 0 atom stereocenters. The fourth-order valence-electron chi connectivity index (χ4n) is 4.65. The highest BCUT2D eigenvalue weighted by molar-refractivity contribution is 7.13. The molecule has 2 fully saturated rings. The summed E-state index contributed by atoms with van der Waals surface area (Å²) < 4.78 is 41.8. The van der Waals surface area contributed by atoms with E-state index in [1.165, 1.54) is 43.4 Å². The van der Waals surface area contributed by atoms with E-state index in [1.807, 2.05) is 0 Å². The van der Waals surface area contributed by atoms with Crippen LogP contribution in [0.15, 0.2) is 0 Å². The van der Waals surface area contributed by atoms with E-state index in [0.29, 0.717) is 18.4 Å². The third kappa shape index (κ3) is 7.34. The molecular formula is C22H32F3N3O2S. The molecule has 1 amide bonds. The number of alkyl halides is 3. The summed E-state index contributed by atoms with van der Waals surface area (Å²) in [5.41, 5.74) is 0.895. The molecule has 0 unspecified atom stereocenters. The van der Waals surface area contributed by atoms with Crippen molar-refractivity contribution >= 4 is 17.2 Å². The smallest absolute Gasteiger partial charge is 0.422 e. The molecule has 1 aromatic rings. The predicted octanol–water partition coefficient (Wildman–Crippen LogP) is 4.35. The molecule has 4 rings (SSSR count). The summed E-state index contributed by atoms with van der Waals surface area (Å²) in [6.07, 6.45) is 6.10. The Morgan fingerprint density at radius 2 is 1.81 bits per heavy atom. The molecule has 3 aliphatic rings. The van der Waals surface area contributed by atoms with E-state index in [1.54, 1.807) is 0 Å². The van der Waals surface area contributed by atoms with Gasteiger partial charge in [0.15, 0.2) is 6.61 Å². The first-order valence-electron chi connectivity index (χ1n) is 11.5. The molecule has 0 spiro atoms. The Labute approximate surface area is 185 Å². The first-order valence-corrected chi connectivity index (χ1v) is 12.4. The normalized spacial score (nSPS) is 25.0. The SMILES string of the molecule is O=C(CC1CC1)NC1CCC(CCN2CCc3nc(OCC(F)(F)F)sc3CC2)CC1. The van der Waals surface area contributed by atoms with Gasteiger partial charge in [0.1, 0.15) is 0 Å². The molecule has 9 heteroatoms. The van der Waals surface area contributed by atoms with Gasteiger partial charge in [0, 0.05) is 36.9 Å². The predicted molar refractivity (Wildman–Crippen MR) is 113 cm³/mol. The average molecular weight is 460 g/mol. The summed E-state index contributed by atoms with van der Waals surface area (Å²) in [4.78, 5) is 19.8. The molecular weight excluding hydrogens is 427 g/mol. The van der Waals surface area contributed by atoms with Gasteiger partial charge < -0.3 is 15.0 Å². The number of nitrogens with one attached hydrogen (secondary N) is 1. The van der Waals surface area contributed by atoms with Crippen LogP contribution in [0.4, 0.5) is 13.2 Å². The van der Waals surface area contributed by atoms with Crippen molar-refractivity contribution in [2.24, 2.45) is 11.8 Å². The van der Waals surface area contributed by atoms with Crippen molar-refractivity contribution in [2.45, 2.75) is 76.4 Å². The molecule has 1 aliphatic heterocycles. The second-order valence-corrected chi connectivity index (χ2v) is 10.4. The molecule has 0 saturated heterocycles. The highest BCUT2D eigenvalue weighted by atomic mass is 32.1. The van der Waals surface area contributed by atoms with E-state index < -0.39 is 12.8 Å². The van der Waals surface area contributed by atoms with Gasteiger partial charge in [0.05, 0.1) is 5.69 Å². The van der Waals surface area contributed by atoms with Crippen LogP contribution in [0.5, 0.6) is 5.19 Å². The Balaban J connectivity index is 1.13. The van der Waals surface area contributed by atoms with Crippen LogP contribution in [0.25, 0.3) is 0 Å². The highest BCUT2D eigenvalue weighted by Gasteiger charge is 2.30. The number of ether oxygens (including phenoxy) is 1. The maximum Gasteiger partial charge on any atom is 0.422 e. The third-order valence-electron chi connectivity index (χ3n) is 6.67. The van der Waals surface area contributed by atoms with Crippen LogP contribution in [0, 0.1) is 11.8 Å². The van der Waals surface area contributed by atoms with Gasteiger partial charge in [-0.05, 0) is 69.7 Å². The summed E-state index contributed by atoms with van der Waals surface area (Å²) in [6.45, 7) is 1.58. The Morgan fingerprint density at radius 1 is 1.10 bits per heavy atom. The maximum absolute atomic E-state index is 12.3. The van der Waals surface area contributed by atoms with Gasteiger partial charge in [-0.2, -0.15) is 13.2 Å². The quantitative estimate of drug-likeness (QED) is 0.628. The largest absolute Gasteiger partial charge is 0.460 e. The standard InChI is InChI=1S/C22H32F3N3O2S/c23-22(24,25)14-30-21-27-18-8-11-28(12-9-19(18)31-21)10-7-15-3-5-17(6-4-15)26-20(29)13-16-1-2-16/h15-17H,1-14H2,(H,26,29). The third-order valence-corrected chi connectivity index (χ3v) is 7.74. The molecule has 0 radical (unpaired) electrons. The van der Waals surface area contributed by atoms with E-state index in [2.05, 4.69) is 15.2 Å². The molecule has 1 aromatic heterocycles. The van der Waals surface area contributed by atoms with E-state index in [9.17, 15) is 18.0 Å². The van der Waals surface area contributed by atoms with Crippen molar-refractivity contribution in [1.82, 2.24) is 15.2 Å². The van der Waals surface area contributed by atoms with Crippen molar-refractivity contribution in [3.8, 4) is 5.19 Å². The van der Waals surface area contributed by atoms with Crippen LogP contribution in [0.3, 0.4) is 0 Å². The summed E-state index contributed by atoms with van der Waals surface area (Å²) in [7, 11) is 0. The Bertz CT molecular complexity index is 717. The number of rotatable bonds is 8. The van der Waals surface area contributed by atoms with Crippen molar-refractivity contribution in [3.63, 3.8) is 0 Å². The molecule has 31 heavy (non-hydrogen) atoms. The van der Waals surface area contributed by atoms with Crippen LogP contribution < -0.4 is 10.1 Å². The summed E-state index contributed by atoms with van der Waals surface area (Å²) >= 11 is 1.26. The highest BCUT2D eigenvalue weighted by Crippen LogP contribution is 2.33. The van der Waals surface area contributed by atoms with Gasteiger partial charge >= 0.3 is 6.18 Å². The summed E-state index contributed by atoms with van der Waals surface area (Å²) in [5.74, 6) is 1.60. The number of hydrogen-bond acceptors (Lipinski definition) is 5. The molecule has 2 saturated carbocycles. The number of aromatic nitrogens is 1. The molecule has 2 heterocycles. The lowest BCUT2D eigenvalue weighted by Crippen LogP contribution is -2.38. The molecule has 1 N–H and O–H groups in total. The lowest BCUT2D eigenvalue weighted by atomic mass is 9.84. The van der Waals surface area contributed by atoms with Crippen LogP contribution >= 0.6 is 11.3 Å². The zero-order valence-electron chi connectivity index (χ0n) is 17.9. The van der Waals surface area contributed by atoms with E-state index in [-0.39, 0.29) is 11.1 Å². The number of hydrogen-bond donors (Lipinski definition) is 1. The van der Waals surface area contributed by atoms with Crippen LogP contribution in [-0.2, 0) is 17.6 Å². The monoisotopic (exact) mass is 459 g/mol. The second kappa shape index (κ2) is 10.1. The van der Waals surface area contributed by atoms with Crippen LogP contribution in [0.1, 0.15) is 61.9 Å². The fraction of sp³-hybridized carbons (Fsp3) is 0.818. The van der Waals surface area contributed by atoms with Gasteiger partial charge in [0.2, 0.25) is 5.91 Å². The zero-order valence-corrected chi connectivity index (χ0v) is 18.7. The van der Waals surface area contributed by atoms with E-state index in [0.717, 1.165) is 61.8 Å². The van der Waals surface area contributed by atoms with Crippen LogP contribution in [0.2, 0.25) is 0 Å². The van der Waals surface area contributed by atoms with Gasteiger partial charge in [-0.15, -0.1) is 0 Å². The van der Waals surface area contributed by atoms with Crippen molar-refractivity contribution in [1.29, 1.82) is 0 Å². The Morgan fingerprint density at radius 3 is 2.52 bits per heavy atom. The summed E-state index contributed by atoms with van der Waals surface area (Å²) in [6, 6.07) is 0.358. The zero-order chi connectivity index (χ0) is 21.8. The number of carbonyl (C=O) groups excluding carboxylic acids is 1. The number of amides is 1.